The Morgan fingerprint density at radius 3 is 2.92 bits per heavy atom. The van der Waals surface area contributed by atoms with E-state index >= 15 is 0 Å². The van der Waals surface area contributed by atoms with Crippen molar-refractivity contribution in [1.29, 1.82) is 0 Å². The standard InChI is InChI=1S/C22H19NO2S/c24-21-13-16(14-23-11-3-7-18(23)20-8-4-12-26-20)22-17-6-2-1-5-15(17)9-10-19(22)25-21/h1-2,4-6,8-10,12-13,18H,3,7,11,14H2/p+1/t18-/m1/s1. The first-order valence-electron chi connectivity index (χ1n) is 9.12. The van der Waals surface area contributed by atoms with Gasteiger partial charge in [0, 0.05) is 29.9 Å². The van der Waals surface area contributed by atoms with E-state index in [2.05, 4.69) is 29.6 Å². The van der Waals surface area contributed by atoms with Gasteiger partial charge in [0.2, 0.25) is 0 Å². The van der Waals surface area contributed by atoms with Crippen molar-refractivity contribution < 1.29 is 9.32 Å². The highest BCUT2D eigenvalue weighted by Crippen LogP contribution is 2.28. The number of nitrogens with one attached hydrogen (secondary N) is 1. The van der Waals surface area contributed by atoms with E-state index in [9.17, 15) is 4.79 Å². The number of hydrogen-bond acceptors (Lipinski definition) is 3. The fourth-order valence-corrected chi connectivity index (χ4v) is 5.28. The summed E-state index contributed by atoms with van der Waals surface area (Å²) in [7, 11) is 0. The van der Waals surface area contributed by atoms with Crippen LogP contribution in [0, 0.1) is 0 Å². The van der Waals surface area contributed by atoms with Gasteiger partial charge in [0.05, 0.1) is 11.4 Å². The van der Waals surface area contributed by atoms with Crippen LogP contribution in [-0.2, 0) is 6.54 Å². The van der Waals surface area contributed by atoms with Crippen LogP contribution in [0.5, 0.6) is 0 Å². The molecule has 26 heavy (non-hydrogen) atoms. The van der Waals surface area contributed by atoms with Crippen LogP contribution in [0.3, 0.4) is 0 Å². The number of benzene rings is 2. The van der Waals surface area contributed by atoms with Gasteiger partial charge in [-0.3, -0.25) is 0 Å². The molecule has 2 atom stereocenters. The predicted octanol–water partition coefficient (Wildman–Crippen LogP) is 3.93. The molecule has 130 valence electrons. The third-order valence-corrected chi connectivity index (χ3v) is 6.49. The summed E-state index contributed by atoms with van der Waals surface area (Å²) in [5, 5.41) is 5.59. The van der Waals surface area contributed by atoms with E-state index in [0.29, 0.717) is 11.6 Å². The summed E-state index contributed by atoms with van der Waals surface area (Å²) in [4.78, 5) is 15.2. The average Bonchev–Trinajstić information content (AvgIpc) is 3.32. The van der Waals surface area contributed by atoms with E-state index in [4.69, 9.17) is 4.42 Å². The van der Waals surface area contributed by atoms with Crippen molar-refractivity contribution in [1.82, 2.24) is 0 Å². The van der Waals surface area contributed by atoms with E-state index in [1.54, 1.807) is 11.0 Å². The van der Waals surface area contributed by atoms with Crippen LogP contribution in [0.25, 0.3) is 21.7 Å². The molecular formula is C22H20NO2S+. The molecule has 0 bridgehead atoms. The zero-order valence-electron chi connectivity index (χ0n) is 14.4. The maximum Gasteiger partial charge on any atom is 0.336 e. The lowest BCUT2D eigenvalue weighted by molar-refractivity contribution is -0.931. The van der Waals surface area contributed by atoms with Gasteiger partial charge in [-0.1, -0.05) is 36.4 Å². The first-order chi connectivity index (χ1) is 12.8. The highest BCUT2D eigenvalue weighted by atomic mass is 32.1. The van der Waals surface area contributed by atoms with Crippen LogP contribution in [0.15, 0.2) is 69.2 Å². The molecule has 0 spiro atoms. The minimum atomic E-state index is -0.256. The second-order valence-corrected chi connectivity index (χ2v) is 8.03. The van der Waals surface area contributed by atoms with Gasteiger partial charge in [0.25, 0.3) is 0 Å². The number of quaternary nitrogens is 1. The quantitative estimate of drug-likeness (QED) is 0.443. The van der Waals surface area contributed by atoms with E-state index in [0.717, 1.165) is 29.4 Å². The molecule has 3 nitrogen and oxygen atoms in total. The van der Waals surface area contributed by atoms with Gasteiger partial charge < -0.3 is 9.32 Å². The second kappa shape index (κ2) is 6.38. The fourth-order valence-electron chi connectivity index (χ4n) is 4.36. The Bertz CT molecular complexity index is 1130. The normalized spacial score (nSPS) is 20.2. The molecule has 0 saturated carbocycles. The maximum absolute atomic E-state index is 12.2. The summed E-state index contributed by atoms with van der Waals surface area (Å²) in [6.07, 6.45) is 2.45. The van der Waals surface area contributed by atoms with Crippen molar-refractivity contribution in [3.8, 4) is 0 Å². The topological polar surface area (TPSA) is 34.7 Å². The lowest BCUT2D eigenvalue weighted by Crippen LogP contribution is -3.08. The number of thiophene rings is 1. The van der Waals surface area contributed by atoms with Crippen molar-refractivity contribution in [2.75, 3.05) is 6.54 Å². The molecule has 0 amide bonds. The Kier molecular flexibility index (Phi) is 3.88. The van der Waals surface area contributed by atoms with Gasteiger partial charge in [-0.2, -0.15) is 0 Å². The second-order valence-electron chi connectivity index (χ2n) is 7.05. The van der Waals surface area contributed by atoms with Crippen molar-refractivity contribution in [3.63, 3.8) is 0 Å². The SMILES string of the molecule is O=c1cc(C[NH+]2CCC[C@@H]2c2cccs2)c2c(ccc3ccccc32)o1. The van der Waals surface area contributed by atoms with Crippen LogP contribution in [0.4, 0.5) is 0 Å². The minimum Gasteiger partial charge on any atom is -0.423 e. The molecule has 4 heteroatoms. The molecule has 4 aromatic rings. The fraction of sp³-hybridized carbons (Fsp3) is 0.227. The molecule has 1 aliphatic heterocycles. The Morgan fingerprint density at radius 1 is 1.12 bits per heavy atom. The number of rotatable bonds is 3. The van der Waals surface area contributed by atoms with Crippen LogP contribution >= 0.6 is 11.3 Å². The van der Waals surface area contributed by atoms with E-state index < -0.39 is 0 Å². The molecule has 2 aromatic heterocycles. The molecule has 1 unspecified atom stereocenters. The predicted molar refractivity (Wildman–Crippen MR) is 106 cm³/mol. The zero-order valence-corrected chi connectivity index (χ0v) is 15.2. The highest BCUT2D eigenvalue weighted by Gasteiger charge is 2.31. The first-order valence-corrected chi connectivity index (χ1v) is 10.00. The third kappa shape index (κ3) is 2.66. The molecule has 5 rings (SSSR count). The Labute approximate surface area is 155 Å². The van der Waals surface area contributed by atoms with Gasteiger partial charge in [-0.15, -0.1) is 11.3 Å². The van der Waals surface area contributed by atoms with Crippen molar-refractivity contribution >= 4 is 33.1 Å². The zero-order chi connectivity index (χ0) is 17.5. The van der Waals surface area contributed by atoms with Gasteiger partial charge >= 0.3 is 5.63 Å². The summed E-state index contributed by atoms with van der Waals surface area (Å²) < 4.78 is 5.51. The average molecular weight is 362 g/mol. The van der Waals surface area contributed by atoms with Crippen LogP contribution in [0.1, 0.15) is 29.3 Å². The summed E-state index contributed by atoms with van der Waals surface area (Å²) in [6, 6.07) is 18.9. The molecule has 0 radical (unpaired) electrons. The minimum absolute atomic E-state index is 0.256. The monoisotopic (exact) mass is 362 g/mol. The van der Waals surface area contributed by atoms with E-state index in [1.165, 1.54) is 23.1 Å². The molecule has 1 N–H and O–H groups in total. The molecule has 3 heterocycles. The Hall–Kier alpha value is -2.43. The van der Waals surface area contributed by atoms with Crippen molar-refractivity contribution in [2.24, 2.45) is 0 Å². The van der Waals surface area contributed by atoms with E-state index in [1.807, 2.05) is 35.6 Å². The van der Waals surface area contributed by atoms with Crippen LogP contribution < -0.4 is 10.5 Å². The maximum atomic E-state index is 12.2. The Balaban J connectivity index is 1.64. The highest BCUT2D eigenvalue weighted by molar-refractivity contribution is 7.10. The molecular weight excluding hydrogens is 342 g/mol. The summed E-state index contributed by atoms with van der Waals surface area (Å²) >= 11 is 1.84. The summed E-state index contributed by atoms with van der Waals surface area (Å²) in [5.41, 5.74) is 1.54. The molecule has 1 aliphatic rings. The van der Waals surface area contributed by atoms with Crippen LogP contribution in [-0.4, -0.2) is 6.54 Å². The molecule has 0 aliphatic carbocycles. The van der Waals surface area contributed by atoms with Crippen molar-refractivity contribution in [2.45, 2.75) is 25.4 Å². The lowest BCUT2D eigenvalue weighted by atomic mass is 10.0. The third-order valence-electron chi connectivity index (χ3n) is 5.50. The van der Waals surface area contributed by atoms with Gasteiger partial charge in [-0.05, 0) is 28.3 Å². The molecule has 1 saturated heterocycles. The summed E-state index contributed by atoms with van der Waals surface area (Å²) in [5.74, 6) is 0. The largest absolute Gasteiger partial charge is 0.423 e. The number of likely N-dealkylation sites (tertiary alicyclic amines) is 1. The lowest BCUT2D eigenvalue weighted by Gasteiger charge is -2.21. The van der Waals surface area contributed by atoms with Crippen LogP contribution in [0.2, 0.25) is 0 Å². The van der Waals surface area contributed by atoms with E-state index in [-0.39, 0.29) is 5.63 Å². The first kappa shape index (κ1) is 15.8. The number of hydrogen-bond donors (Lipinski definition) is 1. The number of fused-ring (bicyclic) bond motifs is 3. The Morgan fingerprint density at radius 2 is 2.04 bits per heavy atom. The van der Waals surface area contributed by atoms with Gasteiger partial charge in [0.15, 0.2) is 0 Å². The van der Waals surface area contributed by atoms with Gasteiger partial charge in [0.1, 0.15) is 18.2 Å². The van der Waals surface area contributed by atoms with Gasteiger partial charge in [-0.25, -0.2) is 4.79 Å². The van der Waals surface area contributed by atoms with Crippen molar-refractivity contribution in [3.05, 3.63) is 80.8 Å². The summed E-state index contributed by atoms with van der Waals surface area (Å²) in [6.45, 7) is 2.01. The molecule has 2 aromatic carbocycles. The molecule has 1 fully saturated rings. The smallest absolute Gasteiger partial charge is 0.336 e.